The molecule has 24 heavy (non-hydrogen) atoms. The highest BCUT2D eigenvalue weighted by Crippen LogP contribution is 2.40. The van der Waals surface area contributed by atoms with Crippen molar-refractivity contribution in [2.75, 3.05) is 7.11 Å². The lowest BCUT2D eigenvalue weighted by Crippen LogP contribution is -2.05. The largest absolute Gasteiger partial charge is 0.496 e. The zero-order chi connectivity index (χ0) is 17.9. The van der Waals surface area contributed by atoms with E-state index in [9.17, 15) is 4.79 Å². The number of esters is 1. The molecule has 2 rings (SSSR count). The van der Waals surface area contributed by atoms with E-state index in [1.807, 2.05) is 24.3 Å². The van der Waals surface area contributed by atoms with E-state index in [4.69, 9.17) is 9.47 Å². The van der Waals surface area contributed by atoms with Crippen LogP contribution >= 0.6 is 0 Å². The van der Waals surface area contributed by atoms with Gasteiger partial charge in [0.2, 0.25) is 0 Å². The van der Waals surface area contributed by atoms with E-state index in [0.717, 1.165) is 24.2 Å². The molecule has 3 nitrogen and oxygen atoms in total. The van der Waals surface area contributed by atoms with Gasteiger partial charge < -0.3 is 9.47 Å². The molecule has 3 heteroatoms. The van der Waals surface area contributed by atoms with Crippen LogP contribution in [0.1, 0.15) is 43.0 Å². The fourth-order valence-electron chi connectivity index (χ4n) is 3.51. The number of rotatable bonds is 5. The fourth-order valence-corrected chi connectivity index (χ4v) is 3.51. The lowest BCUT2D eigenvalue weighted by atomic mass is 9.85. The first-order valence-corrected chi connectivity index (χ1v) is 8.42. The van der Waals surface area contributed by atoms with Gasteiger partial charge in [0.05, 0.1) is 7.11 Å². The second-order valence-electron chi connectivity index (χ2n) is 5.94. The van der Waals surface area contributed by atoms with Crippen LogP contribution in [0, 0.1) is 13.8 Å². The zero-order valence-corrected chi connectivity index (χ0v) is 15.4. The SMILES string of the molecule is CCc1c(C)c(OC)c(C)c(CC)c1-c1ccc(OC(C)=O)cc1. The molecule has 0 heterocycles. The Morgan fingerprint density at radius 2 is 1.46 bits per heavy atom. The van der Waals surface area contributed by atoms with Crippen LogP contribution in [0.5, 0.6) is 11.5 Å². The van der Waals surface area contributed by atoms with Crippen LogP contribution < -0.4 is 9.47 Å². The van der Waals surface area contributed by atoms with Gasteiger partial charge in [-0.25, -0.2) is 0 Å². The molecule has 0 saturated carbocycles. The maximum atomic E-state index is 11.1. The van der Waals surface area contributed by atoms with Crippen molar-refractivity contribution in [3.8, 4) is 22.6 Å². The van der Waals surface area contributed by atoms with Gasteiger partial charge in [0.1, 0.15) is 11.5 Å². The number of hydrogen-bond donors (Lipinski definition) is 0. The van der Waals surface area contributed by atoms with Crippen LogP contribution in [-0.2, 0) is 17.6 Å². The van der Waals surface area contributed by atoms with Crippen LogP contribution in [0.3, 0.4) is 0 Å². The Kier molecular flexibility index (Phi) is 5.66. The third kappa shape index (κ3) is 3.30. The van der Waals surface area contributed by atoms with Gasteiger partial charge in [-0.05, 0) is 72.2 Å². The van der Waals surface area contributed by atoms with E-state index >= 15 is 0 Å². The van der Waals surface area contributed by atoms with Crippen molar-refractivity contribution >= 4 is 5.97 Å². The number of benzene rings is 2. The summed E-state index contributed by atoms with van der Waals surface area (Å²) >= 11 is 0. The lowest BCUT2D eigenvalue weighted by molar-refractivity contribution is -0.131. The predicted octanol–water partition coefficient (Wildman–Crippen LogP) is 5.03. The Morgan fingerprint density at radius 1 is 0.958 bits per heavy atom. The van der Waals surface area contributed by atoms with Gasteiger partial charge in [-0.15, -0.1) is 0 Å². The molecule has 0 spiro atoms. The molecule has 0 fully saturated rings. The summed E-state index contributed by atoms with van der Waals surface area (Å²) in [5.74, 6) is 1.26. The number of methoxy groups -OCH3 is 1. The van der Waals surface area contributed by atoms with Crippen molar-refractivity contribution < 1.29 is 14.3 Å². The maximum absolute atomic E-state index is 11.1. The summed E-state index contributed by atoms with van der Waals surface area (Å²) < 4.78 is 10.8. The Balaban J connectivity index is 2.66. The van der Waals surface area contributed by atoms with Crippen molar-refractivity contribution in [1.82, 2.24) is 0 Å². The smallest absolute Gasteiger partial charge is 0.308 e. The third-order valence-corrected chi connectivity index (χ3v) is 4.51. The maximum Gasteiger partial charge on any atom is 0.308 e. The first-order chi connectivity index (χ1) is 11.4. The topological polar surface area (TPSA) is 35.5 Å². The molecule has 0 N–H and O–H groups in total. The highest BCUT2D eigenvalue weighted by Gasteiger charge is 2.19. The van der Waals surface area contributed by atoms with Crippen molar-refractivity contribution in [2.24, 2.45) is 0 Å². The molecule has 0 bridgehead atoms. The van der Waals surface area contributed by atoms with E-state index in [0.29, 0.717) is 5.75 Å². The highest BCUT2D eigenvalue weighted by atomic mass is 16.5. The van der Waals surface area contributed by atoms with E-state index in [1.165, 1.54) is 34.7 Å². The van der Waals surface area contributed by atoms with Gasteiger partial charge in [-0.1, -0.05) is 26.0 Å². The Labute approximate surface area is 144 Å². The second-order valence-corrected chi connectivity index (χ2v) is 5.94. The standard InChI is InChI=1S/C21H26O3/c1-7-18-13(3)21(23-6)14(4)19(8-2)20(18)16-9-11-17(12-10-16)24-15(5)22/h9-12H,7-8H2,1-6H3. The molecule has 2 aromatic rings. The van der Waals surface area contributed by atoms with Crippen molar-refractivity contribution in [3.05, 3.63) is 46.5 Å². The molecular formula is C21H26O3. The van der Waals surface area contributed by atoms with Crippen LogP contribution in [-0.4, -0.2) is 13.1 Å². The number of ether oxygens (including phenoxy) is 2. The summed E-state index contributed by atoms with van der Waals surface area (Å²) in [6, 6.07) is 7.75. The van der Waals surface area contributed by atoms with Gasteiger partial charge in [0, 0.05) is 6.92 Å². The van der Waals surface area contributed by atoms with Gasteiger partial charge >= 0.3 is 5.97 Å². The van der Waals surface area contributed by atoms with Crippen molar-refractivity contribution in [2.45, 2.75) is 47.5 Å². The molecule has 0 aliphatic rings. The van der Waals surface area contributed by atoms with Crippen LogP contribution in [0.15, 0.2) is 24.3 Å². The Hall–Kier alpha value is -2.29. The van der Waals surface area contributed by atoms with Gasteiger partial charge in [0.15, 0.2) is 0 Å². The molecule has 2 aromatic carbocycles. The highest BCUT2D eigenvalue weighted by molar-refractivity contribution is 5.77. The molecule has 0 atom stereocenters. The van der Waals surface area contributed by atoms with Crippen LogP contribution in [0.4, 0.5) is 0 Å². The summed E-state index contributed by atoms with van der Waals surface area (Å²) in [5, 5.41) is 0. The minimum atomic E-state index is -0.303. The quantitative estimate of drug-likeness (QED) is 0.571. The van der Waals surface area contributed by atoms with Gasteiger partial charge in [-0.3, -0.25) is 4.79 Å². The normalized spacial score (nSPS) is 10.6. The molecule has 0 aliphatic heterocycles. The Bertz CT molecular complexity index is 712. The monoisotopic (exact) mass is 326 g/mol. The number of hydrogen-bond acceptors (Lipinski definition) is 3. The fraction of sp³-hybridized carbons (Fsp3) is 0.381. The minimum Gasteiger partial charge on any atom is -0.496 e. The first-order valence-electron chi connectivity index (χ1n) is 8.42. The molecule has 0 aliphatic carbocycles. The van der Waals surface area contributed by atoms with Crippen LogP contribution in [0.2, 0.25) is 0 Å². The second kappa shape index (κ2) is 7.52. The van der Waals surface area contributed by atoms with Crippen molar-refractivity contribution in [1.29, 1.82) is 0 Å². The molecule has 0 unspecified atom stereocenters. The van der Waals surface area contributed by atoms with Crippen molar-refractivity contribution in [3.63, 3.8) is 0 Å². The summed E-state index contributed by atoms with van der Waals surface area (Å²) in [4.78, 5) is 11.1. The van der Waals surface area contributed by atoms with E-state index in [1.54, 1.807) is 7.11 Å². The van der Waals surface area contributed by atoms with Crippen LogP contribution in [0.25, 0.3) is 11.1 Å². The summed E-state index contributed by atoms with van der Waals surface area (Å²) in [6.07, 6.45) is 1.88. The summed E-state index contributed by atoms with van der Waals surface area (Å²) in [5.41, 5.74) is 7.46. The molecular weight excluding hydrogens is 300 g/mol. The average Bonchev–Trinajstić information content (AvgIpc) is 2.55. The molecule has 0 amide bonds. The van der Waals surface area contributed by atoms with Gasteiger partial charge in [0.25, 0.3) is 0 Å². The zero-order valence-electron chi connectivity index (χ0n) is 15.4. The molecule has 0 saturated heterocycles. The minimum absolute atomic E-state index is 0.303. The van der Waals surface area contributed by atoms with E-state index < -0.39 is 0 Å². The third-order valence-electron chi connectivity index (χ3n) is 4.51. The molecule has 0 radical (unpaired) electrons. The summed E-state index contributed by atoms with van der Waals surface area (Å²) in [6.45, 7) is 10.0. The predicted molar refractivity (Wildman–Crippen MR) is 98.0 cm³/mol. The average molecular weight is 326 g/mol. The molecule has 128 valence electrons. The van der Waals surface area contributed by atoms with Gasteiger partial charge in [-0.2, -0.15) is 0 Å². The van der Waals surface area contributed by atoms with E-state index in [2.05, 4.69) is 27.7 Å². The number of carbonyl (C=O) groups excluding carboxylic acids is 1. The van der Waals surface area contributed by atoms with E-state index in [-0.39, 0.29) is 5.97 Å². The Morgan fingerprint density at radius 3 is 1.83 bits per heavy atom. The lowest BCUT2D eigenvalue weighted by Gasteiger charge is -2.22. The first kappa shape index (κ1) is 18.1. The summed E-state index contributed by atoms with van der Waals surface area (Å²) in [7, 11) is 1.74. The number of carbonyl (C=O) groups is 1. The molecule has 0 aromatic heterocycles.